The molecule has 0 N–H and O–H groups in total. The summed E-state index contributed by atoms with van der Waals surface area (Å²) in [6.07, 6.45) is 0. The van der Waals surface area contributed by atoms with Crippen LogP contribution in [-0.2, 0) is 0 Å². The molecule has 10 heavy (non-hydrogen) atoms. The second-order valence-corrected chi connectivity index (χ2v) is 3.38. The van der Waals surface area contributed by atoms with E-state index in [1.165, 1.54) is 12.1 Å². The zero-order chi connectivity index (χ0) is 7.72. The third kappa shape index (κ3) is 1.62. The van der Waals surface area contributed by atoms with E-state index < -0.39 is 5.82 Å². The second-order valence-electron chi connectivity index (χ2n) is 1.68. The fraction of sp³-hybridized carbons (Fsp3) is 0. The molecule has 0 atom stereocenters. The Hall–Kier alpha value is 0.210. The molecule has 0 saturated carbocycles. The molecule has 0 amide bonds. The lowest BCUT2D eigenvalue weighted by Gasteiger charge is -1.96. The highest BCUT2D eigenvalue weighted by atomic mass is 79.9. The first-order valence-electron chi connectivity index (χ1n) is 2.41. The molecule has 0 aliphatic heterocycles. The van der Waals surface area contributed by atoms with Crippen LogP contribution in [0.15, 0.2) is 16.6 Å². The predicted octanol–water partition coefficient (Wildman–Crippen LogP) is 3.90. The smallest absolute Gasteiger partial charge is 0.156 e. The molecule has 1 rings (SSSR count). The van der Waals surface area contributed by atoms with Crippen LogP contribution in [0.4, 0.5) is 4.39 Å². The average Bonchev–Trinajstić information content (AvgIpc) is 1.82. The second kappa shape index (κ2) is 3.07. The maximum Gasteiger partial charge on any atom is 0.156 e. The lowest BCUT2D eigenvalue weighted by Crippen LogP contribution is -1.78. The molecule has 0 bridgehead atoms. The Kier molecular flexibility index (Phi) is 2.55. The predicted molar refractivity (Wildman–Crippen MR) is 44.1 cm³/mol. The zero-order valence-electron chi connectivity index (χ0n) is 4.67. The lowest BCUT2D eigenvalue weighted by atomic mass is 10.3. The van der Waals surface area contributed by atoms with Gasteiger partial charge in [-0.15, -0.1) is 0 Å². The van der Waals surface area contributed by atoms with Crippen molar-refractivity contribution in [2.24, 2.45) is 0 Å². The molecule has 0 unspecified atom stereocenters. The van der Waals surface area contributed by atoms with Gasteiger partial charge in [-0.05, 0) is 28.1 Å². The number of hydrogen-bond acceptors (Lipinski definition) is 0. The van der Waals surface area contributed by atoms with Crippen molar-refractivity contribution in [3.05, 3.63) is 32.5 Å². The van der Waals surface area contributed by atoms with Crippen molar-refractivity contribution in [2.45, 2.75) is 0 Å². The van der Waals surface area contributed by atoms with Crippen LogP contribution in [0, 0.1) is 5.82 Å². The van der Waals surface area contributed by atoms with Gasteiger partial charge >= 0.3 is 0 Å². The van der Waals surface area contributed by atoms with Gasteiger partial charge in [0.15, 0.2) is 5.82 Å². The topological polar surface area (TPSA) is 0 Å². The summed E-state index contributed by atoms with van der Waals surface area (Å²) in [4.78, 5) is 0. The van der Waals surface area contributed by atoms with Crippen LogP contribution in [0.3, 0.4) is 0 Å². The molecule has 54 valence electrons. The molecule has 0 aliphatic carbocycles. The van der Waals surface area contributed by atoms with Gasteiger partial charge in [0, 0.05) is 5.02 Å². The summed E-state index contributed by atoms with van der Waals surface area (Å²) >= 11 is 13.9. The molecule has 0 spiro atoms. The summed E-state index contributed by atoms with van der Waals surface area (Å²) in [5, 5.41) is 0.442. The van der Waals surface area contributed by atoms with Crippen LogP contribution in [0.5, 0.6) is 0 Å². The van der Waals surface area contributed by atoms with Crippen molar-refractivity contribution in [1.29, 1.82) is 0 Å². The molecule has 0 radical (unpaired) electrons. The summed E-state index contributed by atoms with van der Waals surface area (Å²) in [5.41, 5.74) is 0. The number of halogens is 4. The monoisotopic (exact) mass is 242 g/mol. The van der Waals surface area contributed by atoms with Crippen molar-refractivity contribution < 1.29 is 4.39 Å². The zero-order valence-corrected chi connectivity index (χ0v) is 7.76. The molecule has 4 heteroatoms. The summed E-state index contributed by atoms with van der Waals surface area (Å²) in [5.74, 6) is -0.480. The van der Waals surface area contributed by atoms with Crippen molar-refractivity contribution in [3.8, 4) is 0 Å². The number of hydrogen-bond donors (Lipinski definition) is 0. The lowest BCUT2D eigenvalue weighted by molar-refractivity contribution is 0.621. The summed E-state index contributed by atoms with van der Waals surface area (Å²) < 4.78 is 13.0. The van der Waals surface area contributed by atoms with Crippen LogP contribution in [-0.4, -0.2) is 0 Å². The summed E-state index contributed by atoms with van der Waals surface area (Å²) in [7, 11) is 0. The highest BCUT2D eigenvalue weighted by Crippen LogP contribution is 2.27. The van der Waals surface area contributed by atoms with Gasteiger partial charge in [-0.25, -0.2) is 4.39 Å². The summed E-state index contributed by atoms with van der Waals surface area (Å²) in [6.45, 7) is 0. The summed E-state index contributed by atoms with van der Waals surface area (Å²) in [6, 6.07) is 2.80. The third-order valence-corrected chi connectivity index (χ3v) is 2.02. The van der Waals surface area contributed by atoms with E-state index >= 15 is 0 Å². The van der Waals surface area contributed by atoms with Crippen LogP contribution >= 0.6 is 39.1 Å². The minimum absolute atomic E-state index is 0.0272. The molecule has 0 fully saturated rings. The van der Waals surface area contributed by atoms with Crippen molar-refractivity contribution in [2.75, 3.05) is 0 Å². The van der Waals surface area contributed by atoms with E-state index in [9.17, 15) is 4.39 Å². The highest BCUT2D eigenvalue weighted by molar-refractivity contribution is 9.10. The number of benzene rings is 1. The molecule has 1 aromatic rings. The molecular formula is C6H2BrCl2F. The molecule has 0 saturated heterocycles. The van der Waals surface area contributed by atoms with E-state index in [2.05, 4.69) is 15.9 Å². The Balaban J connectivity index is 3.31. The Bertz CT molecular complexity index is 239. The van der Waals surface area contributed by atoms with Gasteiger partial charge in [-0.3, -0.25) is 0 Å². The molecule has 0 aliphatic rings. The fourth-order valence-corrected chi connectivity index (χ4v) is 1.72. The van der Waals surface area contributed by atoms with Crippen LogP contribution in [0.1, 0.15) is 0 Å². The Labute approximate surface area is 76.1 Å². The minimum Gasteiger partial charge on any atom is -0.204 e. The Morgan fingerprint density at radius 3 is 2.40 bits per heavy atom. The van der Waals surface area contributed by atoms with Crippen LogP contribution < -0.4 is 0 Å². The fourth-order valence-electron chi connectivity index (χ4n) is 0.525. The SMILES string of the molecule is Fc1c(Cl)cc(Cl)cc1Br. The first kappa shape index (κ1) is 8.31. The highest BCUT2D eigenvalue weighted by Gasteiger charge is 2.04. The van der Waals surface area contributed by atoms with E-state index in [0.29, 0.717) is 5.02 Å². The van der Waals surface area contributed by atoms with Gasteiger partial charge in [0.05, 0.1) is 9.50 Å². The third-order valence-electron chi connectivity index (χ3n) is 0.949. The average molecular weight is 244 g/mol. The first-order chi connectivity index (χ1) is 4.61. The van der Waals surface area contributed by atoms with Crippen molar-refractivity contribution >= 4 is 39.1 Å². The molecule has 0 heterocycles. The van der Waals surface area contributed by atoms with Gasteiger partial charge in [-0.1, -0.05) is 23.2 Å². The van der Waals surface area contributed by atoms with Gasteiger partial charge in [-0.2, -0.15) is 0 Å². The molecular weight excluding hydrogens is 242 g/mol. The maximum atomic E-state index is 12.7. The van der Waals surface area contributed by atoms with E-state index in [1.54, 1.807) is 0 Å². The van der Waals surface area contributed by atoms with Crippen LogP contribution in [0.2, 0.25) is 10.0 Å². The molecule has 1 aromatic carbocycles. The van der Waals surface area contributed by atoms with Gasteiger partial charge in [0.1, 0.15) is 0 Å². The molecule has 0 nitrogen and oxygen atoms in total. The molecule has 0 aromatic heterocycles. The quantitative estimate of drug-likeness (QED) is 0.479. The Morgan fingerprint density at radius 1 is 1.30 bits per heavy atom. The van der Waals surface area contributed by atoms with E-state index in [-0.39, 0.29) is 9.50 Å². The van der Waals surface area contributed by atoms with E-state index in [1.807, 2.05) is 0 Å². The first-order valence-corrected chi connectivity index (χ1v) is 3.96. The van der Waals surface area contributed by atoms with E-state index in [0.717, 1.165) is 0 Å². The Morgan fingerprint density at radius 2 is 1.90 bits per heavy atom. The van der Waals surface area contributed by atoms with Gasteiger partial charge < -0.3 is 0 Å². The van der Waals surface area contributed by atoms with Gasteiger partial charge in [0.2, 0.25) is 0 Å². The van der Waals surface area contributed by atoms with E-state index in [4.69, 9.17) is 23.2 Å². The van der Waals surface area contributed by atoms with Gasteiger partial charge in [0.25, 0.3) is 0 Å². The maximum absolute atomic E-state index is 12.7. The standard InChI is InChI=1S/C6H2BrCl2F/c7-4-1-3(8)2-5(9)6(4)10/h1-2H. The van der Waals surface area contributed by atoms with Crippen LogP contribution in [0.25, 0.3) is 0 Å². The minimum atomic E-state index is -0.480. The largest absolute Gasteiger partial charge is 0.204 e. The van der Waals surface area contributed by atoms with Crippen molar-refractivity contribution in [3.63, 3.8) is 0 Å². The van der Waals surface area contributed by atoms with Crippen molar-refractivity contribution in [1.82, 2.24) is 0 Å². The normalized spacial score (nSPS) is 10.0. The number of rotatable bonds is 0.